The Bertz CT molecular complexity index is 409. The second kappa shape index (κ2) is 6.44. The number of hydrogen-bond donors (Lipinski definition) is 1. The van der Waals surface area contributed by atoms with Gasteiger partial charge in [-0.15, -0.1) is 0 Å². The first kappa shape index (κ1) is 14.6. The number of aliphatic carboxylic acids is 1. The summed E-state index contributed by atoms with van der Waals surface area (Å²) in [6.45, 7) is 7.98. The van der Waals surface area contributed by atoms with Crippen molar-refractivity contribution in [2.45, 2.75) is 46.2 Å². The van der Waals surface area contributed by atoms with Gasteiger partial charge in [0.1, 0.15) is 0 Å². The zero-order chi connectivity index (χ0) is 13.7. The zero-order valence-corrected chi connectivity index (χ0v) is 11.4. The minimum Gasteiger partial charge on any atom is -0.480 e. The molecule has 0 aliphatic rings. The van der Waals surface area contributed by atoms with E-state index in [2.05, 4.69) is 16.9 Å². The second-order valence-corrected chi connectivity index (χ2v) is 4.53. The molecule has 5 nitrogen and oxygen atoms in total. The molecule has 0 aromatic carbocycles. The summed E-state index contributed by atoms with van der Waals surface area (Å²) in [4.78, 5) is 21.5. The van der Waals surface area contributed by atoms with Gasteiger partial charge in [0.25, 0.3) is 0 Å². The standard InChI is InChI=1S/C13H21N3O2/c1-5-9(2)16(8-12(17)18)11(4)13-10(3)14-6-7-15-13/h6-7,9,11H,5,8H2,1-4H3,(H,17,18). The van der Waals surface area contributed by atoms with Crippen molar-refractivity contribution in [2.24, 2.45) is 0 Å². The van der Waals surface area contributed by atoms with Crippen molar-refractivity contribution in [1.29, 1.82) is 0 Å². The van der Waals surface area contributed by atoms with Crippen molar-refractivity contribution < 1.29 is 9.90 Å². The first-order chi connectivity index (χ1) is 8.47. The van der Waals surface area contributed by atoms with Crippen LogP contribution in [0.15, 0.2) is 12.4 Å². The Morgan fingerprint density at radius 3 is 2.50 bits per heavy atom. The van der Waals surface area contributed by atoms with E-state index in [0.29, 0.717) is 0 Å². The van der Waals surface area contributed by atoms with Gasteiger partial charge < -0.3 is 5.11 Å². The van der Waals surface area contributed by atoms with Gasteiger partial charge in [0.15, 0.2) is 0 Å². The molecule has 1 heterocycles. The molecule has 1 aromatic rings. The van der Waals surface area contributed by atoms with E-state index in [0.717, 1.165) is 17.8 Å². The minimum absolute atomic E-state index is 0.0200. The highest BCUT2D eigenvalue weighted by Gasteiger charge is 2.24. The third-order valence-corrected chi connectivity index (χ3v) is 3.29. The van der Waals surface area contributed by atoms with Crippen LogP contribution in [0.5, 0.6) is 0 Å². The van der Waals surface area contributed by atoms with Crippen LogP contribution in [0.4, 0.5) is 0 Å². The zero-order valence-electron chi connectivity index (χ0n) is 11.4. The van der Waals surface area contributed by atoms with Crippen LogP contribution >= 0.6 is 0 Å². The van der Waals surface area contributed by atoms with Crippen molar-refractivity contribution >= 4 is 5.97 Å². The lowest BCUT2D eigenvalue weighted by Crippen LogP contribution is -2.39. The molecule has 0 bridgehead atoms. The molecule has 100 valence electrons. The molecule has 1 aromatic heterocycles. The third-order valence-electron chi connectivity index (χ3n) is 3.29. The molecule has 0 aliphatic carbocycles. The summed E-state index contributed by atoms with van der Waals surface area (Å²) in [5.74, 6) is -0.816. The number of carboxylic acids is 1. The largest absolute Gasteiger partial charge is 0.480 e. The van der Waals surface area contributed by atoms with Crippen molar-refractivity contribution in [3.05, 3.63) is 23.8 Å². The summed E-state index contributed by atoms with van der Waals surface area (Å²) in [5.41, 5.74) is 1.70. The normalized spacial score (nSPS) is 14.5. The Balaban J connectivity index is 2.98. The number of carbonyl (C=O) groups is 1. The van der Waals surface area contributed by atoms with Gasteiger partial charge >= 0.3 is 5.97 Å². The van der Waals surface area contributed by atoms with Crippen LogP contribution in [-0.4, -0.2) is 38.5 Å². The maximum atomic E-state index is 11.0. The molecule has 5 heteroatoms. The van der Waals surface area contributed by atoms with Crippen molar-refractivity contribution in [3.8, 4) is 0 Å². The predicted molar refractivity (Wildman–Crippen MR) is 69.3 cm³/mol. The Labute approximate surface area is 108 Å². The molecule has 2 atom stereocenters. The molecule has 2 unspecified atom stereocenters. The molecule has 0 spiro atoms. The van der Waals surface area contributed by atoms with Crippen LogP contribution in [0, 0.1) is 6.92 Å². The number of aryl methyl sites for hydroxylation is 1. The average Bonchev–Trinajstić information content (AvgIpc) is 2.34. The van der Waals surface area contributed by atoms with Crippen LogP contribution in [0.2, 0.25) is 0 Å². The molecule has 0 amide bonds. The average molecular weight is 251 g/mol. The van der Waals surface area contributed by atoms with Crippen LogP contribution in [0.3, 0.4) is 0 Å². The molecule has 18 heavy (non-hydrogen) atoms. The van der Waals surface area contributed by atoms with E-state index in [9.17, 15) is 4.79 Å². The lowest BCUT2D eigenvalue weighted by Gasteiger charge is -2.32. The highest BCUT2D eigenvalue weighted by atomic mass is 16.4. The van der Waals surface area contributed by atoms with Gasteiger partial charge in [-0.1, -0.05) is 6.92 Å². The quantitative estimate of drug-likeness (QED) is 0.838. The number of rotatable bonds is 6. The van der Waals surface area contributed by atoms with E-state index in [1.54, 1.807) is 12.4 Å². The van der Waals surface area contributed by atoms with Crippen LogP contribution in [-0.2, 0) is 4.79 Å². The monoisotopic (exact) mass is 251 g/mol. The number of hydrogen-bond acceptors (Lipinski definition) is 4. The molecular weight excluding hydrogens is 230 g/mol. The maximum Gasteiger partial charge on any atom is 0.317 e. The van der Waals surface area contributed by atoms with Crippen LogP contribution < -0.4 is 0 Å². The van der Waals surface area contributed by atoms with Crippen LogP contribution in [0.25, 0.3) is 0 Å². The number of nitrogens with zero attached hydrogens (tertiary/aromatic N) is 3. The fourth-order valence-electron chi connectivity index (χ4n) is 2.05. The van der Waals surface area contributed by atoms with E-state index in [1.165, 1.54) is 0 Å². The molecule has 0 saturated carbocycles. The van der Waals surface area contributed by atoms with Crippen molar-refractivity contribution in [3.63, 3.8) is 0 Å². The summed E-state index contributed by atoms with van der Waals surface area (Å²) in [5, 5.41) is 9.02. The molecule has 0 saturated heterocycles. The molecule has 1 rings (SSSR count). The Morgan fingerprint density at radius 2 is 2.00 bits per heavy atom. The lowest BCUT2D eigenvalue weighted by molar-refractivity contribution is -0.139. The van der Waals surface area contributed by atoms with Gasteiger partial charge in [-0.05, 0) is 27.2 Å². The summed E-state index contributed by atoms with van der Waals surface area (Å²) in [6.07, 6.45) is 4.20. The van der Waals surface area contributed by atoms with Gasteiger partial charge in [-0.3, -0.25) is 19.7 Å². The van der Waals surface area contributed by atoms with Gasteiger partial charge in [0.05, 0.1) is 24.0 Å². The summed E-state index contributed by atoms with van der Waals surface area (Å²) in [6, 6.07) is 0.141. The minimum atomic E-state index is -0.816. The number of aromatic nitrogens is 2. The van der Waals surface area contributed by atoms with E-state index >= 15 is 0 Å². The van der Waals surface area contributed by atoms with Crippen molar-refractivity contribution in [2.75, 3.05) is 6.54 Å². The first-order valence-electron chi connectivity index (χ1n) is 6.22. The fraction of sp³-hybridized carbons (Fsp3) is 0.615. The second-order valence-electron chi connectivity index (χ2n) is 4.53. The highest BCUT2D eigenvalue weighted by Crippen LogP contribution is 2.23. The summed E-state index contributed by atoms with van der Waals surface area (Å²) >= 11 is 0. The van der Waals surface area contributed by atoms with Crippen molar-refractivity contribution in [1.82, 2.24) is 14.9 Å². The summed E-state index contributed by atoms with van der Waals surface area (Å²) in [7, 11) is 0. The van der Waals surface area contributed by atoms with E-state index in [1.807, 2.05) is 25.7 Å². The van der Waals surface area contributed by atoms with E-state index < -0.39 is 5.97 Å². The Kier molecular flexibility index (Phi) is 5.22. The third kappa shape index (κ3) is 3.50. The Morgan fingerprint density at radius 1 is 1.39 bits per heavy atom. The predicted octanol–water partition coefficient (Wildman–Crippen LogP) is 2.03. The maximum absolute atomic E-state index is 11.0. The fourth-order valence-corrected chi connectivity index (χ4v) is 2.05. The molecule has 0 fully saturated rings. The Hall–Kier alpha value is -1.49. The smallest absolute Gasteiger partial charge is 0.317 e. The summed E-state index contributed by atoms with van der Waals surface area (Å²) < 4.78 is 0. The number of carboxylic acid groups (broad SMARTS) is 1. The lowest BCUT2D eigenvalue weighted by atomic mass is 10.1. The van der Waals surface area contributed by atoms with Gasteiger partial charge in [0.2, 0.25) is 0 Å². The molecule has 0 radical (unpaired) electrons. The van der Waals surface area contributed by atoms with Gasteiger partial charge in [-0.25, -0.2) is 0 Å². The SMILES string of the molecule is CCC(C)N(CC(=O)O)C(C)c1nccnc1C. The molecular formula is C13H21N3O2. The first-order valence-corrected chi connectivity index (χ1v) is 6.22. The van der Waals surface area contributed by atoms with Crippen LogP contribution in [0.1, 0.15) is 44.6 Å². The molecule has 0 aliphatic heterocycles. The highest BCUT2D eigenvalue weighted by molar-refractivity contribution is 5.69. The van der Waals surface area contributed by atoms with Gasteiger partial charge in [-0.2, -0.15) is 0 Å². The molecule has 1 N–H and O–H groups in total. The van der Waals surface area contributed by atoms with Gasteiger partial charge in [0, 0.05) is 18.4 Å². The van der Waals surface area contributed by atoms with E-state index in [-0.39, 0.29) is 18.6 Å². The topological polar surface area (TPSA) is 66.3 Å². The van der Waals surface area contributed by atoms with E-state index in [4.69, 9.17) is 5.11 Å².